The molecular weight excluding hydrogens is 468 g/mol. The van der Waals surface area contributed by atoms with Crippen LogP contribution in [0.5, 0.6) is 11.5 Å². The molecule has 0 saturated heterocycles. The van der Waals surface area contributed by atoms with Crippen LogP contribution in [-0.4, -0.2) is 37.0 Å². The highest BCUT2D eigenvalue weighted by Gasteiger charge is 2.34. The average Bonchev–Trinajstić information content (AvgIpc) is 3.63. The molecule has 0 aliphatic heterocycles. The molecule has 0 spiro atoms. The van der Waals surface area contributed by atoms with Crippen molar-refractivity contribution in [2.24, 2.45) is 0 Å². The summed E-state index contributed by atoms with van der Waals surface area (Å²) >= 11 is 3.13. The number of hydrogen-bond acceptors (Lipinski definition) is 6. The Hall–Kier alpha value is -2.84. The van der Waals surface area contributed by atoms with Crippen LogP contribution in [0.4, 0.5) is 0 Å². The summed E-state index contributed by atoms with van der Waals surface area (Å²) in [5.74, 6) is 0.865. The molecule has 1 atom stereocenters. The van der Waals surface area contributed by atoms with Gasteiger partial charge in [-0.1, -0.05) is 31.0 Å². The first kappa shape index (κ1) is 24.3. The fourth-order valence-corrected chi connectivity index (χ4v) is 5.80. The van der Waals surface area contributed by atoms with E-state index in [2.05, 4.69) is 5.32 Å². The lowest BCUT2D eigenvalue weighted by molar-refractivity contribution is -0.141. The van der Waals surface area contributed by atoms with E-state index in [1.54, 1.807) is 53.9 Å². The van der Waals surface area contributed by atoms with Gasteiger partial charge in [0.2, 0.25) is 11.8 Å². The lowest BCUT2D eigenvalue weighted by Crippen LogP contribution is -2.46. The number of methoxy groups -OCH3 is 2. The molecule has 6 nitrogen and oxygen atoms in total. The quantitative estimate of drug-likeness (QED) is 0.417. The van der Waals surface area contributed by atoms with Gasteiger partial charge in [-0.05, 0) is 53.4 Å². The van der Waals surface area contributed by atoms with E-state index in [0.717, 1.165) is 35.4 Å². The van der Waals surface area contributed by atoms with E-state index >= 15 is 0 Å². The largest absolute Gasteiger partial charge is 0.493 e. The van der Waals surface area contributed by atoms with E-state index in [0.29, 0.717) is 23.6 Å². The molecule has 4 rings (SSSR count). The van der Waals surface area contributed by atoms with Gasteiger partial charge in [-0.25, -0.2) is 0 Å². The first-order valence-corrected chi connectivity index (χ1v) is 13.2. The van der Waals surface area contributed by atoms with Crippen LogP contribution < -0.4 is 14.8 Å². The molecule has 34 heavy (non-hydrogen) atoms. The summed E-state index contributed by atoms with van der Waals surface area (Å²) in [6, 6.07) is 12.7. The molecule has 2 heterocycles. The molecule has 1 saturated carbocycles. The summed E-state index contributed by atoms with van der Waals surface area (Å²) in [4.78, 5) is 31.1. The number of carbonyl (C=O) groups is 2. The van der Waals surface area contributed by atoms with Gasteiger partial charge in [0.25, 0.3) is 0 Å². The van der Waals surface area contributed by atoms with Gasteiger partial charge in [0.1, 0.15) is 6.04 Å². The molecular formula is C26H30N2O4S2. The van der Waals surface area contributed by atoms with E-state index in [1.165, 1.54) is 0 Å². The Kier molecular flexibility index (Phi) is 8.24. The zero-order chi connectivity index (χ0) is 23.9. The smallest absolute Gasteiger partial charge is 0.247 e. The van der Waals surface area contributed by atoms with Gasteiger partial charge in [-0.2, -0.15) is 0 Å². The summed E-state index contributed by atoms with van der Waals surface area (Å²) in [5.41, 5.74) is 0.698. The number of ether oxygens (including phenoxy) is 2. The molecule has 2 amide bonds. The molecule has 3 aromatic rings. The van der Waals surface area contributed by atoms with Crippen molar-refractivity contribution >= 4 is 34.5 Å². The van der Waals surface area contributed by atoms with Crippen molar-refractivity contribution in [3.8, 4) is 11.5 Å². The predicted molar refractivity (Wildman–Crippen MR) is 136 cm³/mol. The highest BCUT2D eigenvalue weighted by molar-refractivity contribution is 7.10. The summed E-state index contributed by atoms with van der Waals surface area (Å²) < 4.78 is 10.9. The second kappa shape index (κ2) is 11.5. The van der Waals surface area contributed by atoms with Crippen molar-refractivity contribution in [2.45, 2.75) is 50.7 Å². The number of nitrogens with zero attached hydrogens (tertiary/aromatic N) is 1. The van der Waals surface area contributed by atoms with Crippen LogP contribution in [0.15, 0.2) is 53.2 Å². The minimum atomic E-state index is -0.782. The third kappa shape index (κ3) is 5.80. The van der Waals surface area contributed by atoms with Crippen molar-refractivity contribution in [1.82, 2.24) is 10.2 Å². The van der Waals surface area contributed by atoms with Crippen molar-refractivity contribution in [3.63, 3.8) is 0 Å². The van der Waals surface area contributed by atoms with Crippen LogP contribution >= 0.6 is 22.7 Å². The molecule has 0 radical (unpaired) electrons. The molecule has 0 unspecified atom stereocenters. The molecule has 8 heteroatoms. The van der Waals surface area contributed by atoms with E-state index < -0.39 is 6.04 Å². The molecule has 1 aliphatic rings. The molecule has 0 bridgehead atoms. The minimum Gasteiger partial charge on any atom is -0.493 e. The van der Waals surface area contributed by atoms with E-state index in [-0.39, 0.29) is 24.3 Å². The Bertz CT molecular complexity index is 1080. The lowest BCUT2D eigenvalue weighted by atomic mass is 10.0. The topological polar surface area (TPSA) is 67.9 Å². The van der Waals surface area contributed by atoms with Gasteiger partial charge in [0.05, 0.1) is 27.2 Å². The number of carbonyl (C=O) groups excluding carboxylic acids is 2. The maximum absolute atomic E-state index is 13.8. The lowest BCUT2D eigenvalue weighted by Gasteiger charge is -2.32. The van der Waals surface area contributed by atoms with Gasteiger partial charge in [0, 0.05) is 15.8 Å². The minimum absolute atomic E-state index is 0.0859. The number of nitrogens with one attached hydrogen (secondary N) is 1. The van der Waals surface area contributed by atoms with Crippen LogP contribution in [0.1, 0.15) is 47.0 Å². The Morgan fingerprint density at radius 1 is 1.00 bits per heavy atom. The zero-order valence-electron chi connectivity index (χ0n) is 19.5. The standard InChI is InChI=1S/C26H30N2O4S2/c1-31-22-12-11-18(15-23(22)32-2)25(26(30)27-19-7-3-4-8-19)28(17-21-10-6-14-34-21)24(29)16-20-9-5-13-33-20/h5-6,9-15,19,25H,3-4,7-8,16-17H2,1-2H3,(H,27,30)/t25-/m1/s1. The molecule has 1 aliphatic carbocycles. The maximum Gasteiger partial charge on any atom is 0.247 e. The summed E-state index contributed by atoms with van der Waals surface area (Å²) in [6.45, 7) is 0.360. The first-order chi connectivity index (χ1) is 16.6. The van der Waals surface area contributed by atoms with Crippen molar-refractivity contribution < 1.29 is 19.1 Å². The molecule has 1 fully saturated rings. The van der Waals surface area contributed by atoms with Gasteiger partial charge < -0.3 is 19.7 Å². The third-order valence-corrected chi connectivity index (χ3v) is 7.85. The summed E-state index contributed by atoms with van der Waals surface area (Å²) in [6.07, 6.45) is 4.42. The Morgan fingerprint density at radius 3 is 2.29 bits per heavy atom. The number of benzene rings is 1. The van der Waals surface area contributed by atoms with Crippen LogP contribution in [0.3, 0.4) is 0 Å². The summed E-state index contributed by atoms with van der Waals surface area (Å²) in [7, 11) is 3.15. The normalized spacial score (nSPS) is 14.5. The Labute approximate surface area is 208 Å². The highest BCUT2D eigenvalue weighted by atomic mass is 32.1. The van der Waals surface area contributed by atoms with Gasteiger partial charge >= 0.3 is 0 Å². The number of hydrogen-bond donors (Lipinski definition) is 1. The van der Waals surface area contributed by atoms with Crippen LogP contribution in [0.2, 0.25) is 0 Å². The number of thiophene rings is 2. The second-order valence-corrected chi connectivity index (χ2v) is 10.4. The fourth-order valence-electron chi connectivity index (χ4n) is 4.40. The van der Waals surface area contributed by atoms with E-state index in [4.69, 9.17) is 9.47 Å². The molecule has 1 aromatic carbocycles. The maximum atomic E-state index is 13.8. The second-order valence-electron chi connectivity index (χ2n) is 8.36. The average molecular weight is 499 g/mol. The Morgan fingerprint density at radius 2 is 1.68 bits per heavy atom. The summed E-state index contributed by atoms with van der Waals surface area (Å²) in [5, 5.41) is 7.17. The van der Waals surface area contributed by atoms with Crippen LogP contribution in [0.25, 0.3) is 0 Å². The van der Waals surface area contributed by atoms with Crippen molar-refractivity contribution in [2.75, 3.05) is 14.2 Å². The molecule has 2 aromatic heterocycles. The zero-order valence-corrected chi connectivity index (χ0v) is 21.1. The molecule has 180 valence electrons. The monoisotopic (exact) mass is 498 g/mol. The van der Waals surface area contributed by atoms with Crippen molar-refractivity contribution in [1.29, 1.82) is 0 Å². The van der Waals surface area contributed by atoms with Crippen LogP contribution in [-0.2, 0) is 22.6 Å². The van der Waals surface area contributed by atoms with Crippen LogP contribution in [0, 0.1) is 0 Å². The SMILES string of the molecule is COc1ccc([C@H](C(=O)NC2CCCC2)N(Cc2cccs2)C(=O)Cc2cccs2)cc1OC. The van der Waals surface area contributed by atoms with Crippen molar-refractivity contribution in [3.05, 3.63) is 68.5 Å². The number of rotatable bonds is 10. The fraction of sp³-hybridized carbons (Fsp3) is 0.385. The van der Waals surface area contributed by atoms with Gasteiger partial charge in [-0.15, -0.1) is 22.7 Å². The van der Waals surface area contributed by atoms with Gasteiger partial charge in [-0.3, -0.25) is 9.59 Å². The van der Waals surface area contributed by atoms with Gasteiger partial charge in [0.15, 0.2) is 11.5 Å². The third-order valence-electron chi connectivity index (χ3n) is 6.12. The Balaban J connectivity index is 1.72. The first-order valence-electron chi connectivity index (χ1n) is 11.5. The van der Waals surface area contributed by atoms with E-state index in [9.17, 15) is 9.59 Å². The highest BCUT2D eigenvalue weighted by Crippen LogP contribution is 2.34. The van der Waals surface area contributed by atoms with E-state index in [1.807, 2.05) is 41.1 Å². The predicted octanol–water partition coefficient (Wildman–Crippen LogP) is 5.20. The number of amides is 2. The molecule has 1 N–H and O–H groups in total.